The molecule has 0 aliphatic heterocycles. The fourth-order valence-corrected chi connectivity index (χ4v) is 2.96. The first kappa shape index (κ1) is 17.6. The number of carbonyl (C=O) groups excluding carboxylic acids is 2. The number of amides is 1. The van der Waals surface area contributed by atoms with Crippen molar-refractivity contribution >= 4 is 23.3 Å². The smallest absolute Gasteiger partial charge is 0.310 e. The molecule has 0 atom stereocenters. The number of nitrogens with one attached hydrogen (secondary N) is 1. The van der Waals surface area contributed by atoms with Crippen LogP contribution in [0.1, 0.15) is 23.1 Å². The molecule has 0 heterocycles. The lowest BCUT2D eigenvalue weighted by molar-refractivity contribution is -0.384. The highest BCUT2D eigenvalue weighted by atomic mass is 16.6. The number of non-ortho nitro benzene ring substituents is 1. The van der Waals surface area contributed by atoms with E-state index in [4.69, 9.17) is 4.74 Å². The normalized spacial score (nSPS) is 12.3. The van der Waals surface area contributed by atoms with Gasteiger partial charge >= 0.3 is 5.97 Å². The van der Waals surface area contributed by atoms with Crippen LogP contribution in [0.5, 0.6) is 0 Å². The second-order valence-corrected chi connectivity index (χ2v) is 6.15. The first-order chi connectivity index (χ1) is 12.5. The molecule has 2 aromatic rings. The van der Waals surface area contributed by atoms with Crippen LogP contribution < -0.4 is 5.32 Å². The van der Waals surface area contributed by atoms with Crippen LogP contribution in [-0.4, -0.2) is 23.4 Å². The molecule has 134 valence electrons. The molecule has 0 unspecified atom stereocenters. The van der Waals surface area contributed by atoms with E-state index in [1.807, 2.05) is 18.2 Å². The van der Waals surface area contributed by atoms with E-state index in [1.54, 1.807) is 0 Å². The Bertz CT molecular complexity index is 846. The fraction of sp³-hybridized carbons (Fsp3) is 0.263. The monoisotopic (exact) mass is 354 g/mol. The van der Waals surface area contributed by atoms with Gasteiger partial charge in [0.25, 0.3) is 11.6 Å². The maximum Gasteiger partial charge on any atom is 0.310 e. The summed E-state index contributed by atoms with van der Waals surface area (Å²) in [5, 5.41) is 13.1. The first-order valence-corrected chi connectivity index (χ1v) is 8.32. The van der Waals surface area contributed by atoms with Crippen molar-refractivity contribution in [2.24, 2.45) is 0 Å². The zero-order valence-electron chi connectivity index (χ0n) is 14.1. The predicted molar refractivity (Wildman–Crippen MR) is 94.9 cm³/mol. The largest absolute Gasteiger partial charge is 0.455 e. The lowest BCUT2D eigenvalue weighted by atomic mass is 10.0. The average molecular weight is 354 g/mol. The van der Waals surface area contributed by atoms with Gasteiger partial charge in [0.1, 0.15) is 0 Å². The second-order valence-electron chi connectivity index (χ2n) is 6.15. The number of nitro groups is 1. The minimum absolute atomic E-state index is 0.0660. The zero-order chi connectivity index (χ0) is 18.5. The van der Waals surface area contributed by atoms with E-state index in [1.165, 1.54) is 35.4 Å². The van der Waals surface area contributed by atoms with E-state index in [2.05, 4.69) is 5.32 Å². The fourth-order valence-electron chi connectivity index (χ4n) is 2.96. The highest BCUT2D eigenvalue weighted by molar-refractivity contribution is 5.93. The lowest BCUT2D eigenvalue weighted by Crippen LogP contribution is -2.21. The van der Waals surface area contributed by atoms with Gasteiger partial charge in [0.05, 0.1) is 11.3 Å². The Kier molecular flexibility index (Phi) is 5.26. The summed E-state index contributed by atoms with van der Waals surface area (Å²) in [5.41, 5.74) is 3.83. The first-order valence-electron chi connectivity index (χ1n) is 8.32. The highest BCUT2D eigenvalue weighted by Crippen LogP contribution is 2.23. The van der Waals surface area contributed by atoms with E-state index in [0.29, 0.717) is 5.69 Å². The topological polar surface area (TPSA) is 98.5 Å². The summed E-state index contributed by atoms with van der Waals surface area (Å²) in [5.74, 6) is -0.969. The molecule has 0 spiro atoms. The van der Waals surface area contributed by atoms with Gasteiger partial charge in [-0.25, -0.2) is 0 Å². The van der Waals surface area contributed by atoms with Crippen molar-refractivity contribution < 1.29 is 19.2 Å². The molecular formula is C19H18N2O5. The molecule has 1 aliphatic carbocycles. The Labute approximate surface area is 150 Å². The van der Waals surface area contributed by atoms with Crippen LogP contribution in [0.25, 0.3) is 0 Å². The molecule has 7 nitrogen and oxygen atoms in total. The average Bonchev–Trinajstić information content (AvgIpc) is 3.08. The van der Waals surface area contributed by atoms with E-state index < -0.39 is 23.4 Å². The summed E-state index contributed by atoms with van der Waals surface area (Å²) in [4.78, 5) is 33.8. The van der Waals surface area contributed by atoms with Gasteiger partial charge in [-0.3, -0.25) is 19.7 Å². The maximum absolute atomic E-state index is 11.9. The number of fused-ring (bicyclic) bond motifs is 1. The summed E-state index contributed by atoms with van der Waals surface area (Å²) in [7, 11) is 0. The van der Waals surface area contributed by atoms with Crippen LogP contribution in [0.2, 0.25) is 0 Å². The minimum Gasteiger partial charge on any atom is -0.455 e. The van der Waals surface area contributed by atoms with Gasteiger partial charge < -0.3 is 10.1 Å². The van der Waals surface area contributed by atoms with Gasteiger partial charge in [0.15, 0.2) is 6.61 Å². The Balaban J connectivity index is 1.46. The van der Waals surface area contributed by atoms with Crippen molar-refractivity contribution in [2.75, 3.05) is 11.9 Å². The van der Waals surface area contributed by atoms with E-state index in [0.717, 1.165) is 24.8 Å². The second kappa shape index (κ2) is 7.77. The number of nitro benzene ring substituents is 1. The van der Waals surface area contributed by atoms with E-state index >= 15 is 0 Å². The van der Waals surface area contributed by atoms with Crippen LogP contribution in [0, 0.1) is 10.1 Å². The molecule has 2 aromatic carbocycles. The van der Waals surface area contributed by atoms with Gasteiger partial charge in [0, 0.05) is 17.8 Å². The number of nitrogens with zero attached hydrogens (tertiary/aromatic N) is 1. The number of benzene rings is 2. The summed E-state index contributed by atoms with van der Waals surface area (Å²) < 4.78 is 5.00. The SMILES string of the molecule is O=C(COC(=O)Cc1ccc2c(c1)CCC2)Nc1ccc([N+](=O)[O-])cc1. The number of hydrogen-bond acceptors (Lipinski definition) is 5. The minimum atomic E-state index is -0.521. The summed E-state index contributed by atoms with van der Waals surface area (Å²) >= 11 is 0. The molecule has 0 aromatic heterocycles. The van der Waals surface area contributed by atoms with E-state index in [-0.39, 0.29) is 12.1 Å². The van der Waals surface area contributed by atoms with Crippen LogP contribution in [0.4, 0.5) is 11.4 Å². The number of aryl methyl sites for hydroxylation is 2. The van der Waals surface area contributed by atoms with Crippen LogP contribution in [-0.2, 0) is 33.6 Å². The lowest BCUT2D eigenvalue weighted by Gasteiger charge is -2.07. The van der Waals surface area contributed by atoms with Crippen molar-refractivity contribution in [3.63, 3.8) is 0 Å². The Morgan fingerprint density at radius 3 is 2.54 bits per heavy atom. The summed E-state index contributed by atoms with van der Waals surface area (Å²) in [6, 6.07) is 11.4. The third kappa shape index (κ3) is 4.44. The van der Waals surface area contributed by atoms with Crippen LogP contribution >= 0.6 is 0 Å². The molecule has 7 heteroatoms. The van der Waals surface area contributed by atoms with Crippen molar-refractivity contribution in [3.05, 3.63) is 69.3 Å². The number of anilines is 1. The predicted octanol–water partition coefficient (Wildman–Crippen LogP) is 2.81. The third-order valence-corrected chi connectivity index (χ3v) is 4.24. The molecule has 0 saturated heterocycles. The standard InChI is InChI=1S/C19H18N2O5/c22-18(20-16-6-8-17(9-7-16)21(24)25)12-26-19(23)11-13-4-5-14-2-1-3-15(14)10-13/h4-10H,1-3,11-12H2,(H,20,22). The van der Waals surface area contributed by atoms with Gasteiger partial charge in [-0.1, -0.05) is 18.2 Å². The van der Waals surface area contributed by atoms with Crippen LogP contribution in [0.15, 0.2) is 42.5 Å². The Morgan fingerprint density at radius 2 is 1.81 bits per heavy atom. The molecule has 1 N–H and O–H groups in total. The van der Waals surface area contributed by atoms with E-state index in [9.17, 15) is 19.7 Å². The highest BCUT2D eigenvalue weighted by Gasteiger charge is 2.14. The van der Waals surface area contributed by atoms with Gasteiger partial charge in [0.2, 0.25) is 0 Å². The molecule has 1 amide bonds. The number of carbonyl (C=O) groups is 2. The Hall–Kier alpha value is -3.22. The summed E-state index contributed by atoms with van der Waals surface area (Å²) in [6.07, 6.45) is 3.39. The van der Waals surface area contributed by atoms with Gasteiger partial charge in [-0.15, -0.1) is 0 Å². The number of hydrogen-bond donors (Lipinski definition) is 1. The van der Waals surface area contributed by atoms with Crippen molar-refractivity contribution in [1.29, 1.82) is 0 Å². The molecule has 0 saturated carbocycles. The Morgan fingerprint density at radius 1 is 1.08 bits per heavy atom. The van der Waals surface area contributed by atoms with Crippen molar-refractivity contribution in [3.8, 4) is 0 Å². The number of esters is 1. The van der Waals surface area contributed by atoms with Crippen molar-refractivity contribution in [2.45, 2.75) is 25.7 Å². The molecular weight excluding hydrogens is 336 g/mol. The molecule has 0 fully saturated rings. The molecule has 0 bridgehead atoms. The maximum atomic E-state index is 11.9. The summed E-state index contributed by atoms with van der Waals surface area (Å²) in [6.45, 7) is -0.402. The van der Waals surface area contributed by atoms with Gasteiger partial charge in [-0.05, 0) is 48.1 Å². The third-order valence-electron chi connectivity index (χ3n) is 4.24. The number of rotatable bonds is 6. The quantitative estimate of drug-likeness (QED) is 0.489. The molecule has 1 aliphatic rings. The molecule has 3 rings (SSSR count). The van der Waals surface area contributed by atoms with Crippen LogP contribution in [0.3, 0.4) is 0 Å². The molecule has 26 heavy (non-hydrogen) atoms. The molecule has 0 radical (unpaired) electrons. The number of ether oxygens (including phenoxy) is 1. The van der Waals surface area contributed by atoms with Gasteiger partial charge in [-0.2, -0.15) is 0 Å². The zero-order valence-corrected chi connectivity index (χ0v) is 14.1. The van der Waals surface area contributed by atoms with Crippen molar-refractivity contribution in [1.82, 2.24) is 0 Å².